The van der Waals surface area contributed by atoms with Crippen LogP contribution in [0.15, 0.2) is 48.6 Å². The van der Waals surface area contributed by atoms with E-state index in [4.69, 9.17) is 52.1 Å². The third-order valence-electron chi connectivity index (χ3n) is 14.7. The topological polar surface area (TPSA) is 480 Å². The number of aliphatic hydroxyl groups is 17. The molecule has 0 unspecified atom stereocenters. The maximum absolute atomic E-state index is 12.9. The Kier molecular flexibility index (Phi) is 23.1. The van der Waals surface area contributed by atoms with Crippen LogP contribution in [0.2, 0.25) is 0 Å². The number of aliphatic hydroxyl groups excluding tert-OH is 17. The summed E-state index contributed by atoms with van der Waals surface area (Å²) in [7, 11) is 2.57. The Balaban J connectivity index is 0.947. The van der Waals surface area contributed by atoms with E-state index in [2.05, 4.69) is 0 Å². The van der Waals surface area contributed by atoms with Crippen molar-refractivity contribution in [1.82, 2.24) is 0 Å². The summed E-state index contributed by atoms with van der Waals surface area (Å²) in [4.78, 5) is 25.9. The van der Waals surface area contributed by atoms with E-state index in [1.165, 1.54) is 62.8 Å². The number of ether oxygens (including phenoxy) is 11. The highest BCUT2D eigenvalue weighted by molar-refractivity contribution is 6.10. The van der Waals surface area contributed by atoms with Gasteiger partial charge in [0, 0.05) is 12.5 Å². The van der Waals surface area contributed by atoms with Crippen molar-refractivity contribution in [1.29, 1.82) is 0 Å². The van der Waals surface area contributed by atoms with Gasteiger partial charge >= 0.3 is 0 Å². The van der Waals surface area contributed by atoms with Crippen LogP contribution in [-0.4, -0.2) is 293 Å². The van der Waals surface area contributed by atoms with Gasteiger partial charge in [-0.3, -0.25) is 9.59 Å². The summed E-state index contributed by atoms with van der Waals surface area (Å²) >= 11 is 0. The normalized spacial score (nSPS) is 40.0. The third-order valence-corrected chi connectivity index (χ3v) is 14.7. The summed E-state index contributed by atoms with van der Waals surface area (Å²) < 4.78 is 62.1. The standard InChI is InChI=1S/C52H72O30/c1-72-27-11-20(5-9-25(27)75-50-43(69)46(37(63)31(17-55)78-50)74-29-13-22(15-53)34(60)40(66)35(29)61)3-7-23(58)14-24(59)8-4-21-6-10-26(28(12-21)73-2)76-51-44(70)47(38(64)32(18-56)79-51)82-52-45(71)48(39(65)33(19-57)80-52)81-49-42(68)41(67)36(62)30(16-54)77-49/h3-12,22,29-57,60-71H,13-19H2,1-2H3/b7-3+,8-4+/t22-,29-,30-,31-,32-,33-,34-,35+,36-,37-,38-,39-,40+,41+,42-,43-,44-,45-,46+,47+,48+,49+,50-,51-,52+/m1/s1. The molecule has 460 valence electrons. The third kappa shape index (κ3) is 14.6. The first-order valence-electron chi connectivity index (χ1n) is 26.0. The largest absolute Gasteiger partial charge is 0.493 e. The molecule has 1 saturated carbocycles. The van der Waals surface area contributed by atoms with Crippen LogP contribution in [0.1, 0.15) is 24.0 Å². The van der Waals surface area contributed by atoms with E-state index in [-0.39, 0.29) is 29.4 Å². The lowest BCUT2D eigenvalue weighted by molar-refractivity contribution is -0.378. The minimum absolute atomic E-state index is 0.000495. The van der Waals surface area contributed by atoms with Crippen LogP contribution in [-0.2, 0) is 42.7 Å². The molecule has 0 radical (unpaired) electrons. The molecule has 2 aromatic rings. The molecule has 4 heterocycles. The Morgan fingerprint density at radius 1 is 0.439 bits per heavy atom. The lowest BCUT2D eigenvalue weighted by Crippen LogP contribution is -2.67. The van der Waals surface area contributed by atoms with E-state index in [1.54, 1.807) is 0 Å². The molecule has 0 spiro atoms. The van der Waals surface area contributed by atoms with E-state index in [0.717, 1.165) is 12.2 Å². The average Bonchev–Trinajstić information content (AvgIpc) is 3.47. The van der Waals surface area contributed by atoms with Crippen LogP contribution < -0.4 is 18.9 Å². The lowest BCUT2D eigenvalue weighted by Gasteiger charge is -2.48. The van der Waals surface area contributed by atoms with Crippen LogP contribution in [0.25, 0.3) is 12.2 Å². The molecular formula is C52H72O30. The average molecular weight is 1180 g/mol. The van der Waals surface area contributed by atoms with Crippen molar-refractivity contribution in [3.63, 3.8) is 0 Å². The first kappa shape index (κ1) is 65.1. The van der Waals surface area contributed by atoms with Gasteiger partial charge in [0.25, 0.3) is 0 Å². The molecular weight excluding hydrogens is 1100 g/mol. The lowest BCUT2D eigenvalue weighted by atomic mass is 9.81. The zero-order chi connectivity index (χ0) is 59.9. The Bertz CT molecular complexity index is 2440. The second kappa shape index (κ2) is 29.1. The number of allylic oxidation sites excluding steroid dienone is 2. The minimum Gasteiger partial charge on any atom is -0.493 e. The predicted octanol–water partition coefficient (Wildman–Crippen LogP) is -7.55. The highest BCUT2D eigenvalue weighted by atomic mass is 16.8. The summed E-state index contributed by atoms with van der Waals surface area (Å²) in [5.74, 6) is -2.08. The quantitative estimate of drug-likeness (QED) is 0.0363. The molecule has 25 atom stereocenters. The van der Waals surface area contributed by atoms with Crippen LogP contribution in [0.3, 0.4) is 0 Å². The molecule has 0 aromatic heterocycles. The number of ketones is 2. The SMILES string of the molecule is COc1cc(/C=C/C(=O)CC(=O)/C=C/c2ccc(O[C@@H]3O[C@H](CO)[C@@H](O)[C@H](O[C@@H]4C[C@H](CO)[C@@H](O)[C@H](O)[C@H]4O)[C@H]3O)c(OC)c2)ccc1O[C@@H]1O[C@H](CO)[C@@H](O)[C@H](O[C@@H]2O[C@H](CO)[C@@H](O)[C@H](O[C@@H]3O[C@H](CO)[C@@H](O)[C@H](O)[C@H]3O)[C@H]2O)[C@H]1O. The second-order valence-corrected chi connectivity index (χ2v) is 20.1. The zero-order valence-electron chi connectivity index (χ0n) is 44.1. The summed E-state index contributed by atoms with van der Waals surface area (Å²) in [6, 6.07) is 8.60. The van der Waals surface area contributed by atoms with Gasteiger partial charge in [0.05, 0.1) is 59.3 Å². The van der Waals surface area contributed by atoms with Crippen molar-refractivity contribution in [2.75, 3.05) is 47.3 Å². The zero-order valence-corrected chi connectivity index (χ0v) is 44.1. The van der Waals surface area contributed by atoms with Crippen molar-refractivity contribution >= 4 is 23.7 Å². The van der Waals surface area contributed by atoms with Gasteiger partial charge in [0.1, 0.15) is 110 Å². The predicted molar refractivity (Wildman–Crippen MR) is 269 cm³/mol. The molecule has 5 fully saturated rings. The van der Waals surface area contributed by atoms with Crippen molar-refractivity contribution in [2.24, 2.45) is 5.92 Å². The maximum Gasteiger partial charge on any atom is 0.229 e. The summed E-state index contributed by atoms with van der Waals surface area (Å²) in [6.07, 6.45) is -36.8. The molecule has 4 aliphatic heterocycles. The van der Waals surface area contributed by atoms with E-state index in [0.29, 0.717) is 11.1 Å². The van der Waals surface area contributed by atoms with Crippen molar-refractivity contribution < 1.29 is 149 Å². The van der Waals surface area contributed by atoms with Crippen LogP contribution in [0.4, 0.5) is 0 Å². The number of hydrogen-bond acceptors (Lipinski definition) is 30. The Hall–Kier alpha value is -4.50. The molecule has 5 aliphatic rings. The first-order valence-corrected chi connectivity index (χ1v) is 26.0. The molecule has 1 aliphatic carbocycles. The van der Waals surface area contributed by atoms with Gasteiger partial charge in [-0.15, -0.1) is 0 Å². The summed E-state index contributed by atoms with van der Waals surface area (Å²) in [5.41, 5.74) is 0.768. The number of rotatable bonds is 23. The molecule has 30 heteroatoms. The fourth-order valence-corrected chi connectivity index (χ4v) is 9.93. The Morgan fingerprint density at radius 2 is 0.817 bits per heavy atom. The highest BCUT2D eigenvalue weighted by Crippen LogP contribution is 2.38. The molecule has 0 bridgehead atoms. The van der Waals surface area contributed by atoms with Crippen LogP contribution in [0, 0.1) is 5.92 Å². The molecule has 4 saturated heterocycles. The second-order valence-electron chi connectivity index (χ2n) is 20.1. The molecule has 0 amide bonds. The Morgan fingerprint density at radius 3 is 1.23 bits per heavy atom. The Labute approximate surface area is 467 Å². The van der Waals surface area contributed by atoms with E-state index < -0.39 is 204 Å². The number of carbonyl (C=O) groups excluding carboxylic acids is 2. The number of benzene rings is 2. The van der Waals surface area contributed by atoms with E-state index in [1.807, 2.05) is 0 Å². The smallest absolute Gasteiger partial charge is 0.229 e. The number of hydrogen-bond donors (Lipinski definition) is 17. The molecule has 2 aromatic carbocycles. The number of carbonyl (C=O) groups is 2. The minimum atomic E-state index is -2.05. The maximum atomic E-state index is 12.9. The monoisotopic (exact) mass is 1180 g/mol. The van der Waals surface area contributed by atoms with E-state index in [9.17, 15) is 96.4 Å². The summed E-state index contributed by atoms with van der Waals surface area (Å²) in [5, 5.41) is 178. The number of methoxy groups -OCH3 is 2. The van der Waals surface area contributed by atoms with Gasteiger partial charge in [0.15, 0.2) is 47.1 Å². The van der Waals surface area contributed by atoms with Gasteiger partial charge in [0.2, 0.25) is 12.6 Å². The van der Waals surface area contributed by atoms with E-state index >= 15 is 0 Å². The van der Waals surface area contributed by atoms with Gasteiger partial charge < -0.3 is 139 Å². The van der Waals surface area contributed by atoms with Crippen LogP contribution in [0.5, 0.6) is 23.0 Å². The van der Waals surface area contributed by atoms with Gasteiger partial charge in [-0.2, -0.15) is 0 Å². The first-order chi connectivity index (χ1) is 39.1. The summed E-state index contributed by atoms with van der Waals surface area (Å²) in [6.45, 7) is -3.90. The molecule has 30 nitrogen and oxygen atoms in total. The molecule has 7 rings (SSSR count). The van der Waals surface area contributed by atoms with Crippen molar-refractivity contribution in [3.05, 3.63) is 59.7 Å². The molecule has 82 heavy (non-hydrogen) atoms. The van der Waals surface area contributed by atoms with Gasteiger partial charge in [-0.05, 0) is 54.0 Å². The van der Waals surface area contributed by atoms with Crippen molar-refractivity contribution in [2.45, 2.75) is 160 Å². The van der Waals surface area contributed by atoms with Gasteiger partial charge in [-0.25, -0.2) is 0 Å². The highest BCUT2D eigenvalue weighted by Gasteiger charge is 2.55. The fourth-order valence-electron chi connectivity index (χ4n) is 9.93. The van der Waals surface area contributed by atoms with Crippen LogP contribution >= 0.6 is 0 Å². The fraction of sp³-hybridized carbons (Fsp3) is 0.654. The van der Waals surface area contributed by atoms with Crippen molar-refractivity contribution in [3.8, 4) is 23.0 Å². The van der Waals surface area contributed by atoms with Gasteiger partial charge in [-0.1, -0.05) is 24.3 Å². The molecule has 17 N–H and O–H groups in total.